The second-order valence-electron chi connectivity index (χ2n) is 5.63. The summed E-state index contributed by atoms with van der Waals surface area (Å²) in [5.41, 5.74) is 1.24. The lowest BCUT2D eigenvalue weighted by molar-refractivity contribution is -0.135. The van der Waals surface area contributed by atoms with Gasteiger partial charge in [-0.05, 0) is 40.2 Å². The molecule has 0 spiro atoms. The molecule has 3 rings (SSSR count). The van der Waals surface area contributed by atoms with Crippen LogP contribution in [-0.2, 0) is 14.3 Å². The Morgan fingerprint density at radius 2 is 1.96 bits per heavy atom. The number of carbonyl (C=O) groups is 2. The van der Waals surface area contributed by atoms with Crippen molar-refractivity contribution in [1.29, 1.82) is 0 Å². The van der Waals surface area contributed by atoms with Crippen molar-refractivity contribution in [1.82, 2.24) is 9.99 Å². The number of pyridine rings is 1. The van der Waals surface area contributed by atoms with Crippen LogP contribution in [0.1, 0.15) is 31.2 Å². The first-order valence-electron chi connectivity index (χ1n) is 7.91. The highest BCUT2D eigenvalue weighted by Gasteiger charge is 2.34. The lowest BCUT2D eigenvalue weighted by atomic mass is 10.1. The number of aromatic nitrogens is 1. The molecule has 0 bridgehead atoms. The van der Waals surface area contributed by atoms with E-state index in [4.69, 9.17) is 14.2 Å². The number of rotatable bonds is 4. The zero-order chi connectivity index (χ0) is 19.6. The minimum Gasteiger partial charge on any atom is -0.493 e. The monoisotopic (exact) mass is 433 g/mol. The molecule has 0 unspecified atom stereocenters. The van der Waals surface area contributed by atoms with Crippen LogP contribution < -0.4 is 9.47 Å². The van der Waals surface area contributed by atoms with Gasteiger partial charge in [-0.1, -0.05) is 0 Å². The number of hydrogen-bond donors (Lipinski definition) is 0. The van der Waals surface area contributed by atoms with Crippen LogP contribution in [0.2, 0.25) is 0 Å². The number of hydrazone groups is 1. The Morgan fingerprint density at radius 1 is 1.19 bits per heavy atom. The van der Waals surface area contributed by atoms with Crippen LogP contribution in [0.3, 0.4) is 0 Å². The van der Waals surface area contributed by atoms with E-state index in [1.165, 1.54) is 26.0 Å². The molecule has 2 aromatic rings. The Hall–Kier alpha value is -2.94. The van der Waals surface area contributed by atoms with Crippen molar-refractivity contribution in [3.63, 3.8) is 0 Å². The number of hydrogen-bond acceptors (Lipinski definition) is 7. The molecule has 0 saturated carbocycles. The standard InChI is InChI=1S/C18H16BrN3O5/c1-10(23)22-18(27-17(21-22)13-6-14(19)9-20-8-13)12-4-5-15(26-11(2)24)16(7-12)25-3/h4-9,18H,1-3H3/t18-/m1/s1. The maximum absolute atomic E-state index is 12.1. The van der Waals surface area contributed by atoms with E-state index in [2.05, 4.69) is 26.0 Å². The molecule has 1 aromatic heterocycles. The average molecular weight is 434 g/mol. The summed E-state index contributed by atoms with van der Waals surface area (Å²) in [7, 11) is 1.46. The van der Waals surface area contributed by atoms with E-state index in [0.717, 1.165) is 4.47 Å². The van der Waals surface area contributed by atoms with E-state index in [1.54, 1.807) is 36.7 Å². The van der Waals surface area contributed by atoms with Crippen molar-refractivity contribution < 1.29 is 23.8 Å². The molecule has 1 aliphatic rings. The van der Waals surface area contributed by atoms with Crippen LogP contribution in [0.5, 0.6) is 11.5 Å². The van der Waals surface area contributed by atoms with Crippen molar-refractivity contribution in [2.45, 2.75) is 20.1 Å². The van der Waals surface area contributed by atoms with Crippen molar-refractivity contribution >= 4 is 33.7 Å². The molecular weight excluding hydrogens is 418 g/mol. The Kier molecular flexibility index (Phi) is 5.41. The van der Waals surface area contributed by atoms with Gasteiger partial charge in [0, 0.05) is 36.3 Å². The highest BCUT2D eigenvalue weighted by Crippen LogP contribution is 2.36. The maximum atomic E-state index is 12.1. The predicted molar refractivity (Wildman–Crippen MR) is 99.1 cm³/mol. The SMILES string of the molecule is COc1cc([C@H]2OC(c3cncc(Br)c3)=NN2C(C)=O)ccc1OC(C)=O. The van der Waals surface area contributed by atoms with E-state index in [9.17, 15) is 9.59 Å². The number of carbonyl (C=O) groups excluding carboxylic acids is 2. The molecule has 0 fully saturated rings. The average Bonchev–Trinajstić information content (AvgIpc) is 3.07. The van der Waals surface area contributed by atoms with Crippen LogP contribution in [0.25, 0.3) is 0 Å². The van der Waals surface area contributed by atoms with Gasteiger partial charge >= 0.3 is 5.97 Å². The number of amides is 1. The first-order chi connectivity index (χ1) is 12.9. The van der Waals surface area contributed by atoms with Gasteiger partial charge in [-0.25, -0.2) is 0 Å². The number of nitrogens with zero attached hydrogens (tertiary/aromatic N) is 3. The molecular formula is C18H16BrN3O5. The largest absolute Gasteiger partial charge is 0.493 e. The highest BCUT2D eigenvalue weighted by molar-refractivity contribution is 9.10. The van der Waals surface area contributed by atoms with Crippen LogP contribution in [-0.4, -0.2) is 34.9 Å². The predicted octanol–water partition coefficient (Wildman–Crippen LogP) is 3.02. The number of halogens is 1. The fourth-order valence-electron chi connectivity index (χ4n) is 2.51. The Bertz CT molecular complexity index is 931. The summed E-state index contributed by atoms with van der Waals surface area (Å²) in [6, 6.07) is 6.68. The van der Waals surface area contributed by atoms with Gasteiger partial charge in [0.2, 0.25) is 18.0 Å². The topological polar surface area (TPSA) is 90.3 Å². The van der Waals surface area contributed by atoms with E-state index in [0.29, 0.717) is 16.9 Å². The summed E-state index contributed by atoms with van der Waals surface area (Å²) < 4.78 is 17.1. The quantitative estimate of drug-likeness (QED) is 0.543. The van der Waals surface area contributed by atoms with Crippen LogP contribution in [0.15, 0.2) is 46.2 Å². The van der Waals surface area contributed by atoms with Crippen molar-refractivity contribution in [2.75, 3.05) is 7.11 Å². The molecule has 0 radical (unpaired) electrons. The molecule has 8 nitrogen and oxygen atoms in total. The number of esters is 1. The summed E-state index contributed by atoms with van der Waals surface area (Å²) in [6.45, 7) is 2.70. The van der Waals surface area contributed by atoms with Gasteiger partial charge in [0.1, 0.15) is 0 Å². The highest BCUT2D eigenvalue weighted by atomic mass is 79.9. The smallest absolute Gasteiger partial charge is 0.308 e. The number of benzene rings is 1. The summed E-state index contributed by atoms with van der Waals surface area (Å²) in [5.74, 6) is 0.134. The van der Waals surface area contributed by atoms with Gasteiger partial charge in [0.25, 0.3) is 0 Å². The normalized spacial score (nSPS) is 15.8. The van der Waals surface area contributed by atoms with Crippen molar-refractivity contribution in [3.05, 3.63) is 52.3 Å². The Morgan fingerprint density at radius 3 is 2.59 bits per heavy atom. The van der Waals surface area contributed by atoms with E-state index < -0.39 is 12.2 Å². The third-order valence-corrected chi connectivity index (χ3v) is 4.08. The first-order valence-corrected chi connectivity index (χ1v) is 8.70. The minimum atomic E-state index is -0.781. The molecule has 2 heterocycles. The third-order valence-electron chi connectivity index (χ3n) is 3.64. The molecule has 1 atom stereocenters. The summed E-state index contributed by atoms with van der Waals surface area (Å²) in [5, 5.41) is 5.51. The first kappa shape index (κ1) is 18.8. The van der Waals surface area contributed by atoms with E-state index in [-0.39, 0.29) is 17.6 Å². The Balaban J connectivity index is 1.94. The molecule has 0 N–H and O–H groups in total. The summed E-state index contributed by atoms with van der Waals surface area (Å²) in [4.78, 5) is 27.3. The van der Waals surface area contributed by atoms with Crippen molar-refractivity contribution in [3.8, 4) is 11.5 Å². The molecule has 9 heteroatoms. The lowest BCUT2D eigenvalue weighted by Gasteiger charge is -2.20. The third kappa shape index (κ3) is 4.08. The fourth-order valence-corrected chi connectivity index (χ4v) is 2.87. The maximum Gasteiger partial charge on any atom is 0.308 e. The van der Waals surface area contributed by atoms with Gasteiger partial charge in [0.15, 0.2) is 11.5 Å². The molecule has 1 aromatic carbocycles. The van der Waals surface area contributed by atoms with Crippen molar-refractivity contribution in [2.24, 2.45) is 5.10 Å². The van der Waals surface area contributed by atoms with Crippen LogP contribution in [0.4, 0.5) is 0 Å². The van der Waals surface area contributed by atoms with Crippen LogP contribution in [0, 0.1) is 0 Å². The van der Waals surface area contributed by atoms with Gasteiger partial charge < -0.3 is 14.2 Å². The van der Waals surface area contributed by atoms with E-state index >= 15 is 0 Å². The molecule has 27 heavy (non-hydrogen) atoms. The zero-order valence-electron chi connectivity index (χ0n) is 14.8. The number of methoxy groups -OCH3 is 1. The second kappa shape index (κ2) is 7.75. The van der Waals surface area contributed by atoms with Gasteiger partial charge in [-0.3, -0.25) is 14.6 Å². The minimum absolute atomic E-state index is 0.270. The molecule has 140 valence electrons. The second-order valence-corrected chi connectivity index (χ2v) is 6.55. The molecule has 0 saturated heterocycles. The van der Waals surface area contributed by atoms with Gasteiger partial charge in [-0.15, -0.1) is 5.10 Å². The van der Waals surface area contributed by atoms with E-state index in [1.807, 2.05) is 0 Å². The summed E-state index contributed by atoms with van der Waals surface area (Å²) >= 11 is 3.35. The zero-order valence-corrected chi connectivity index (χ0v) is 16.4. The fraction of sp³-hybridized carbons (Fsp3) is 0.222. The van der Waals surface area contributed by atoms with Gasteiger partial charge in [-0.2, -0.15) is 5.01 Å². The summed E-state index contributed by atoms with van der Waals surface area (Å²) in [6.07, 6.45) is 2.45. The van der Waals surface area contributed by atoms with Gasteiger partial charge in [0.05, 0.1) is 12.7 Å². The molecule has 1 aliphatic heterocycles. The molecule has 0 aliphatic carbocycles. The number of ether oxygens (including phenoxy) is 3. The Labute approximate surface area is 163 Å². The molecule has 1 amide bonds. The van der Waals surface area contributed by atoms with Crippen LogP contribution >= 0.6 is 15.9 Å². The lowest BCUT2D eigenvalue weighted by Crippen LogP contribution is -2.25.